The molecule has 0 saturated carbocycles. The summed E-state index contributed by atoms with van der Waals surface area (Å²) in [7, 11) is -3.40. The molecule has 5 heteroatoms. The molecular formula is C15H24N2O2S. The number of aryl methyl sites for hydroxylation is 1. The van der Waals surface area contributed by atoms with E-state index in [0.717, 1.165) is 24.0 Å². The summed E-state index contributed by atoms with van der Waals surface area (Å²) in [5.74, 6) is 0.340. The van der Waals surface area contributed by atoms with Gasteiger partial charge in [-0.15, -0.1) is 0 Å². The Kier molecular flexibility index (Phi) is 4.52. The van der Waals surface area contributed by atoms with Crippen LogP contribution in [0.4, 0.5) is 0 Å². The van der Waals surface area contributed by atoms with Crippen LogP contribution >= 0.6 is 0 Å². The first-order valence-corrected chi connectivity index (χ1v) is 8.63. The summed E-state index contributed by atoms with van der Waals surface area (Å²) in [5, 5.41) is 0. The summed E-state index contributed by atoms with van der Waals surface area (Å²) in [6.45, 7) is 7.10. The number of rotatable bonds is 4. The molecule has 2 N–H and O–H groups in total. The monoisotopic (exact) mass is 296 g/mol. The third-order valence-electron chi connectivity index (χ3n) is 4.16. The zero-order valence-corrected chi connectivity index (χ0v) is 13.3. The third-order valence-corrected chi connectivity index (χ3v) is 6.09. The average Bonchev–Trinajstić information content (AvgIpc) is 2.89. The SMILES string of the molecule is Cc1ccc(S(=O)(=O)N2CCCC2C(C)C)cc1CN. The lowest BCUT2D eigenvalue weighted by Crippen LogP contribution is -2.38. The summed E-state index contributed by atoms with van der Waals surface area (Å²) in [5.41, 5.74) is 7.61. The summed E-state index contributed by atoms with van der Waals surface area (Å²) in [4.78, 5) is 0.371. The molecule has 20 heavy (non-hydrogen) atoms. The van der Waals surface area contributed by atoms with E-state index in [1.807, 2.05) is 13.0 Å². The zero-order chi connectivity index (χ0) is 14.9. The van der Waals surface area contributed by atoms with Crippen molar-refractivity contribution in [1.82, 2.24) is 4.31 Å². The van der Waals surface area contributed by atoms with Gasteiger partial charge in [-0.3, -0.25) is 0 Å². The van der Waals surface area contributed by atoms with Crippen molar-refractivity contribution in [1.29, 1.82) is 0 Å². The van der Waals surface area contributed by atoms with Crippen molar-refractivity contribution < 1.29 is 8.42 Å². The summed E-state index contributed by atoms with van der Waals surface area (Å²) in [6.07, 6.45) is 1.89. The second-order valence-electron chi connectivity index (χ2n) is 5.86. The molecular weight excluding hydrogens is 272 g/mol. The molecule has 0 amide bonds. The fraction of sp³-hybridized carbons (Fsp3) is 0.600. The zero-order valence-electron chi connectivity index (χ0n) is 12.5. The number of nitrogens with two attached hydrogens (primary N) is 1. The van der Waals surface area contributed by atoms with Gasteiger partial charge in [0.2, 0.25) is 10.0 Å². The molecule has 1 saturated heterocycles. The lowest BCUT2D eigenvalue weighted by molar-refractivity contribution is 0.315. The molecule has 0 radical (unpaired) electrons. The van der Waals surface area contributed by atoms with E-state index in [2.05, 4.69) is 13.8 Å². The lowest BCUT2D eigenvalue weighted by Gasteiger charge is -2.27. The van der Waals surface area contributed by atoms with Crippen LogP contribution < -0.4 is 5.73 Å². The van der Waals surface area contributed by atoms with Gasteiger partial charge >= 0.3 is 0 Å². The largest absolute Gasteiger partial charge is 0.326 e. The molecule has 1 aliphatic heterocycles. The predicted octanol–water partition coefficient (Wildman–Crippen LogP) is 2.26. The number of hydrogen-bond acceptors (Lipinski definition) is 3. The van der Waals surface area contributed by atoms with E-state index in [-0.39, 0.29) is 6.04 Å². The molecule has 0 aromatic heterocycles. The van der Waals surface area contributed by atoms with Crippen LogP contribution in [0.3, 0.4) is 0 Å². The molecule has 2 rings (SSSR count). The van der Waals surface area contributed by atoms with Gasteiger partial charge in [-0.05, 0) is 48.9 Å². The van der Waals surface area contributed by atoms with E-state index in [1.165, 1.54) is 0 Å². The molecule has 1 heterocycles. The smallest absolute Gasteiger partial charge is 0.243 e. The Morgan fingerprint density at radius 1 is 1.40 bits per heavy atom. The first-order chi connectivity index (χ1) is 9.37. The molecule has 1 aromatic rings. The molecule has 1 aliphatic rings. The first-order valence-electron chi connectivity index (χ1n) is 7.19. The number of hydrogen-bond donors (Lipinski definition) is 1. The molecule has 1 unspecified atom stereocenters. The lowest BCUT2D eigenvalue weighted by atomic mass is 10.0. The van der Waals surface area contributed by atoms with Crippen LogP contribution in [0.15, 0.2) is 23.1 Å². The van der Waals surface area contributed by atoms with Gasteiger partial charge in [-0.2, -0.15) is 4.31 Å². The van der Waals surface area contributed by atoms with Gasteiger partial charge in [0.25, 0.3) is 0 Å². The van der Waals surface area contributed by atoms with Crippen LogP contribution in [0.1, 0.15) is 37.8 Å². The third kappa shape index (κ3) is 2.75. The van der Waals surface area contributed by atoms with Crippen LogP contribution in [0.25, 0.3) is 0 Å². The van der Waals surface area contributed by atoms with Gasteiger partial charge in [0.05, 0.1) is 4.90 Å². The Morgan fingerprint density at radius 2 is 2.10 bits per heavy atom. The Labute approximate surface area is 122 Å². The molecule has 1 aromatic carbocycles. The van der Waals surface area contributed by atoms with Crippen LogP contribution in [0.2, 0.25) is 0 Å². The standard InChI is InChI=1S/C15H24N2O2S/c1-11(2)15-5-4-8-17(15)20(18,19)14-7-6-12(3)13(9-14)10-16/h6-7,9,11,15H,4-5,8,10,16H2,1-3H3. The van der Waals surface area contributed by atoms with Gasteiger partial charge < -0.3 is 5.73 Å². The van der Waals surface area contributed by atoms with Gasteiger partial charge in [0.1, 0.15) is 0 Å². The summed E-state index contributed by atoms with van der Waals surface area (Å²) in [6, 6.07) is 5.37. The van der Waals surface area contributed by atoms with Crippen molar-refractivity contribution in [2.24, 2.45) is 11.7 Å². The quantitative estimate of drug-likeness (QED) is 0.927. The van der Waals surface area contributed by atoms with E-state index in [4.69, 9.17) is 5.73 Å². The van der Waals surface area contributed by atoms with Crippen LogP contribution in [0.5, 0.6) is 0 Å². The molecule has 0 bridgehead atoms. The maximum absolute atomic E-state index is 12.8. The highest BCUT2D eigenvalue weighted by Crippen LogP contribution is 2.30. The van der Waals surface area contributed by atoms with Crippen LogP contribution in [-0.4, -0.2) is 25.3 Å². The normalized spacial score (nSPS) is 20.8. The highest BCUT2D eigenvalue weighted by atomic mass is 32.2. The fourth-order valence-corrected chi connectivity index (χ4v) is 4.77. The minimum absolute atomic E-state index is 0.114. The van der Waals surface area contributed by atoms with Crippen molar-refractivity contribution in [2.75, 3.05) is 6.54 Å². The summed E-state index contributed by atoms with van der Waals surface area (Å²) < 4.78 is 27.3. The highest BCUT2D eigenvalue weighted by Gasteiger charge is 2.36. The van der Waals surface area contributed by atoms with E-state index >= 15 is 0 Å². The number of benzene rings is 1. The van der Waals surface area contributed by atoms with E-state index < -0.39 is 10.0 Å². The topological polar surface area (TPSA) is 63.4 Å². The molecule has 0 aliphatic carbocycles. The van der Waals surface area contributed by atoms with Crippen molar-refractivity contribution in [3.8, 4) is 0 Å². The van der Waals surface area contributed by atoms with E-state index in [9.17, 15) is 8.42 Å². The predicted molar refractivity (Wildman–Crippen MR) is 80.8 cm³/mol. The van der Waals surface area contributed by atoms with E-state index in [0.29, 0.717) is 23.9 Å². The van der Waals surface area contributed by atoms with Crippen LogP contribution in [-0.2, 0) is 16.6 Å². The Bertz CT molecular complexity index is 582. The first kappa shape index (κ1) is 15.5. The molecule has 1 fully saturated rings. The number of sulfonamides is 1. The molecule has 0 spiro atoms. The molecule has 112 valence electrons. The second kappa shape index (κ2) is 5.84. The van der Waals surface area contributed by atoms with Crippen molar-refractivity contribution >= 4 is 10.0 Å². The second-order valence-corrected chi connectivity index (χ2v) is 7.75. The Hall–Kier alpha value is -0.910. The molecule has 4 nitrogen and oxygen atoms in total. The highest BCUT2D eigenvalue weighted by molar-refractivity contribution is 7.89. The van der Waals surface area contributed by atoms with Gasteiger partial charge in [0.15, 0.2) is 0 Å². The fourth-order valence-electron chi connectivity index (χ4n) is 2.89. The van der Waals surface area contributed by atoms with Gasteiger partial charge in [-0.25, -0.2) is 8.42 Å². The van der Waals surface area contributed by atoms with Crippen molar-refractivity contribution in [2.45, 2.75) is 51.1 Å². The molecule has 1 atom stereocenters. The van der Waals surface area contributed by atoms with Crippen molar-refractivity contribution in [3.63, 3.8) is 0 Å². The maximum Gasteiger partial charge on any atom is 0.243 e. The Balaban J connectivity index is 2.40. The average molecular weight is 296 g/mol. The Morgan fingerprint density at radius 3 is 2.70 bits per heavy atom. The minimum Gasteiger partial charge on any atom is -0.326 e. The van der Waals surface area contributed by atoms with E-state index in [1.54, 1.807) is 16.4 Å². The van der Waals surface area contributed by atoms with Crippen LogP contribution in [0, 0.1) is 12.8 Å². The minimum atomic E-state index is -3.40. The van der Waals surface area contributed by atoms with Gasteiger partial charge in [0, 0.05) is 19.1 Å². The summed E-state index contributed by atoms with van der Waals surface area (Å²) >= 11 is 0. The van der Waals surface area contributed by atoms with Gasteiger partial charge in [-0.1, -0.05) is 19.9 Å². The van der Waals surface area contributed by atoms with Crippen molar-refractivity contribution in [3.05, 3.63) is 29.3 Å². The number of nitrogens with zero attached hydrogens (tertiary/aromatic N) is 1. The maximum atomic E-state index is 12.8.